The van der Waals surface area contributed by atoms with Gasteiger partial charge in [-0.1, -0.05) is 52.8 Å². The largest absolute Gasteiger partial charge is 0.372 e. The van der Waals surface area contributed by atoms with Gasteiger partial charge in [0, 0.05) is 19.6 Å². The Morgan fingerprint density at radius 3 is 2.45 bits per heavy atom. The molecule has 0 aromatic rings. The van der Waals surface area contributed by atoms with Crippen molar-refractivity contribution in [2.45, 2.75) is 60.0 Å². The molecule has 0 aromatic carbocycles. The van der Waals surface area contributed by atoms with Crippen LogP contribution in [0.5, 0.6) is 0 Å². The summed E-state index contributed by atoms with van der Waals surface area (Å²) >= 11 is 0. The summed E-state index contributed by atoms with van der Waals surface area (Å²) in [6.07, 6.45) is 10.8. The minimum Gasteiger partial charge on any atom is -0.372 e. The van der Waals surface area contributed by atoms with E-state index >= 15 is 0 Å². The van der Waals surface area contributed by atoms with E-state index in [1.54, 1.807) is 0 Å². The molecule has 0 aromatic heterocycles. The highest BCUT2D eigenvalue weighted by Crippen LogP contribution is 2.33. The number of ether oxygens (including phenoxy) is 1. The van der Waals surface area contributed by atoms with Gasteiger partial charge in [0.2, 0.25) is 0 Å². The van der Waals surface area contributed by atoms with E-state index in [4.69, 9.17) is 4.74 Å². The van der Waals surface area contributed by atoms with Crippen molar-refractivity contribution < 1.29 is 4.74 Å². The van der Waals surface area contributed by atoms with Crippen molar-refractivity contribution >= 4 is 0 Å². The molecule has 0 N–H and O–H groups in total. The molecule has 0 amide bonds. The van der Waals surface area contributed by atoms with Gasteiger partial charge in [0.1, 0.15) is 0 Å². The Balaban J connectivity index is 1.70. The maximum Gasteiger partial charge on any atom is 0.0794 e. The van der Waals surface area contributed by atoms with Gasteiger partial charge in [-0.15, -0.1) is 0 Å². The minimum atomic E-state index is 0.274. The number of nitrogens with zero attached hydrogens (tertiary/aromatic N) is 1. The lowest BCUT2D eigenvalue weighted by molar-refractivity contribution is 0.0471. The van der Waals surface area contributed by atoms with Crippen LogP contribution in [0.2, 0.25) is 0 Å². The maximum absolute atomic E-state index is 6.08. The van der Waals surface area contributed by atoms with Crippen LogP contribution >= 0.6 is 0 Å². The predicted molar refractivity (Wildman–Crippen MR) is 95.0 cm³/mol. The molecule has 1 aliphatic heterocycles. The summed E-state index contributed by atoms with van der Waals surface area (Å²) in [4.78, 5) is 2.58. The first kappa shape index (κ1) is 17.7. The van der Waals surface area contributed by atoms with Gasteiger partial charge in [0.05, 0.1) is 12.7 Å². The van der Waals surface area contributed by atoms with Crippen LogP contribution < -0.4 is 0 Å². The average Bonchev–Trinajstić information content (AvgIpc) is 2.47. The lowest BCUT2D eigenvalue weighted by atomic mass is 9.79. The van der Waals surface area contributed by atoms with E-state index in [1.165, 1.54) is 31.5 Å². The molecule has 0 radical (unpaired) electrons. The number of piperidine rings is 1. The molecule has 3 unspecified atom stereocenters. The molecule has 0 spiro atoms. The first-order valence-electron chi connectivity index (χ1n) is 9.13. The van der Waals surface area contributed by atoms with Crippen LogP contribution in [0.1, 0.15) is 53.9 Å². The van der Waals surface area contributed by atoms with Crippen LogP contribution in [0.4, 0.5) is 0 Å². The summed E-state index contributed by atoms with van der Waals surface area (Å²) in [5.41, 5.74) is 1.76. The molecule has 0 saturated carbocycles. The second-order valence-corrected chi connectivity index (χ2v) is 8.11. The monoisotopic (exact) mass is 305 g/mol. The molecule has 1 fully saturated rings. The van der Waals surface area contributed by atoms with Gasteiger partial charge in [-0.2, -0.15) is 0 Å². The zero-order chi connectivity index (χ0) is 16.2. The average molecular weight is 306 g/mol. The summed E-state index contributed by atoms with van der Waals surface area (Å²) in [5.74, 6) is 1.67. The quantitative estimate of drug-likeness (QED) is 0.707. The third kappa shape index (κ3) is 4.96. The Labute approximate surface area is 137 Å². The molecule has 2 rings (SSSR count). The van der Waals surface area contributed by atoms with Gasteiger partial charge in [0.25, 0.3) is 0 Å². The van der Waals surface area contributed by atoms with E-state index < -0.39 is 0 Å². The van der Waals surface area contributed by atoms with Crippen LogP contribution in [0.3, 0.4) is 0 Å². The van der Waals surface area contributed by atoms with Crippen molar-refractivity contribution in [1.82, 2.24) is 4.90 Å². The number of allylic oxidation sites excluding steroid dienone is 2. The predicted octanol–water partition coefficient (Wildman–Crippen LogP) is 4.67. The Morgan fingerprint density at radius 2 is 1.91 bits per heavy atom. The third-order valence-electron chi connectivity index (χ3n) is 5.41. The fourth-order valence-electron chi connectivity index (χ4n) is 3.74. The topological polar surface area (TPSA) is 12.5 Å². The first-order valence-corrected chi connectivity index (χ1v) is 9.13. The first-order chi connectivity index (χ1) is 10.4. The van der Waals surface area contributed by atoms with Gasteiger partial charge in [-0.25, -0.2) is 0 Å². The molecule has 2 aliphatic rings. The molecule has 1 aliphatic carbocycles. The van der Waals surface area contributed by atoms with E-state index in [9.17, 15) is 0 Å². The smallest absolute Gasteiger partial charge is 0.0794 e. The molecular formula is C20H35NO. The van der Waals surface area contributed by atoms with E-state index in [0.717, 1.165) is 31.4 Å². The maximum atomic E-state index is 6.08. The number of hydrogen-bond donors (Lipinski definition) is 0. The summed E-state index contributed by atoms with van der Waals surface area (Å²) in [7, 11) is 0. The van der Waals surface area contributed by atoms with Gasteiger partial charge in [0.15, 0.2) is 0 Å². The molecule has 22 heavy (non-hydrogen) atoms. The molecule has 1 heterocycles. The van der Waals surface area contributed by atoms with Crippen molar-refractivity contribution in [1.29, 1.82) is 0 Å². The molecular weight excluding hydrogens is 270 g/mol. The van der Waals surface area contributed by atoms with Crippen LogP contribution in [0.15, 0.2) is 23.8 Å². The highest BCUT2D eigenvalue weighted by atomic mass is 16.5. The van der Waals surface area contributed by atoms with E-state index in [2.05, 4.69) is 57.7 Å². The van der Waals surface area contributed by atoms with E-state index in [-0.39, 0.29) is 6.10 Å². The zero-order valence-corrected chi connectivity index (χ0v) is 15.3. The fraction of sp³-hybridized carbons (Fsp3) is 0.800. The molecule has 2 nitrogen and oxygen atoms in total. The lowest BCUT2D eigenvalue weighted by Crippen LogP contribution is -2.40. The minimum absolute atomic E-state index is 0.274. The highest BCUT2D eigenvalue weighted by molar-refractivity contribution is 5.29. The standard InChI is InChI=1S/C20H35NO/c1-6-20(4,5)18-7-9-19(10-8-18)22-12-11-21-14-16(2)13-17(3)15-21/h7-9,16-17,19H,6,10-15H2,1-5H3. The Morgan fingerprint density at radius 1 is 1.23 bits per heavy atom. The second-order valence-electron chi connectivity index (χ2n) is 8.11. The number of likely N-dealkylation sites (tertiary alicyclic amines) is 1. The normalized spacial score (nSPS) is 30.4. The van der Waals surface area contributed by atoms with Gasteiger partial charge in [-0.3, -0.25) is 0 Å². The summed E-state index contributed by atoms with van der Waals surface area (Å²) in [6, 6.07) is 0. The van der Waals surface area contributed by atoms with Crippen LogP contribution in [-0.2, 0) is 4.74 Å². The highest BCUT2D eigenvalue weighted by Gasteiger charge is 2.23. The zero-order valence-electron chi connectivity index (χ0n) is 15.3. The summed E-state index contributed by atoms with van der Waals surface area (Å²) < 4.78 is 6.08. The van der Waals surface area contributed by atoms with Gasteiger partial charge >= 0.3 is 0 Å². The Bertz CT molecular complexity index is 400. The third-order valence-corrected chi connectivity index (χ3v) is 5.41. The molecule has 3 atom stereocenters. The van der Waals surface area contributed by atoms with Crippen molar-refractivity contribution in [3.63, 3.8) is 0 Å². The Hall–Kier alpha value is -0.600. The summed E-state index contributed by atoms with van der Waals surface area (Å²) in [6.45, 7) is 16.1. The molecule has 126 valence electrons. The molecule has 0 bridgehead atoms. The van der Waals surface area contributed by atoms with Crippen molar-refractivity contribution in [3.05, 3.63) is 23.8 Å². The summed E-state index contributed by atoms with van der Waals surface area (Å²) in [5, 5.41) is 0. The van der Waals surface area contributed by atoms with Crippen molar-refractivity contribution in [2.75, 3.05) is 26.2 Å². The number of rotatable bonds is 6. The van der Waals surface area contributed by atoms with E-state index in [0.29, 0.717) is 5.41 Å². The Kier molecular flexibility index (Phi) is 6.28. The number of hydrogen-bond acceptors (Lipinski definition) is 2. The van der Waals surface area contributed by atoms with Crippen LogP contribution in [-0.4, -0.2) is 37.2 Å². The molecule has 1 saturated heterocycles. The van der Waals surface area contributed by atoms with Crippen molar-refractivity contribution in [2.24, 2.45) is 17.3 Å². The SMILES string of the molecule is CCC(C)(C)C1=CCC(OCCN2CC(C)CC(C)C2)C=C1. The second kappa shape index (κ2) is 7.79. The van der Waals surface area contributed by atoms with E-state index in [1.807, 2.05) is 0 Å². The van der Waals surface area contributed by atoms with Crippen molar-refractivity contribution in [3.8, 4) is 0 Å². The lowest BCUT2D eigenvalue weighted by Gasteiger charge is -2.35. The van der Waals surface area contributed by atoms with Crippen LogP contribution in [0.25, 0.3) is 0 Å². The van der Waals surface area contributed by atoms with Gasteiger partial charge < -0.3 is 9.64 Å². The molecule has 2 heteroatoms. The fourth-order valence-corrected chi connectivity index (χ4v) is 3.74. The van der Waals surface area contributed by atoms with Crippen LogP contribution in [0, 0.1) is 17.3 Å². The van der Waals surface area contributed by atoms with Gasteiger partial charge in [-0.05, 0) is 42.1 Å².